The van der Waals surface area contributed by atoms with Gasteiger partial charge >= 0.3 is 0 Å². The van der Waals surface area contributed by atoms with Crippen molar-refractivity contribution in [2.24, 2.45) is 12.0 Å². The van der Waals surface area contributed by atoms with Crippen LogP contribution >= 0.6 is 0 Å². The summed E-state index contributed by atoms with van der Waals surface area (Å²) in [6.07, 6.45) is 1.60. The van der Waals surface area contributed by atoms with Crippen LogP contribution in [-0.4, -0.2) is 71.6 Å². The average molecular weight is 418 g/mol. The topological polar surface area (TPSA) is 79.6 Å². The number of guanidine groups is 1. The van der Waals surface area contributed by atoms with Crippen LogP contribution in [0.3, 0.4) is 0 Å². The van der Waals surface area contributed by atoms with E-state index in [4.69, 9.17) is 4.74 Å². The van der Waals surface area contributed by atoms with Crippen molar-refractivity contribution in [2.45, 2.75) is 26.3 Å². The van der Waals surface area contributed by atoms with Crippen molar-refractivity contribution >= 4 is 5.96 Å². The fourth-order valence-corrected chi connectivity index (χ4v) is 3.26. The molecule has 2 N–H and O–H groups in total. The summed E-state index contributed by atoms with van der Waals surface area (Å²) < 4.78 is 21.2. The van der Waals surface area contributed by atoms with E-state index in [0.717, 1.165) is 57.5 Å². The quantitative estimate of drug-likeness (QED) is 0.363. The normalized spacial score (nSPS) is 15.4. The van der Waals surface area contributed by atoms with Crippen molar-refractivity contribution < 1.29 is 9.13 Å². The molecule has 1 aromatic carbocycles. The molecule has 0 bridgehead atoms. The molecule has 164 valence electrons. The number of aliphatic imine (C=N–C) groups is 1. The van der Waals surface area contributed by atoms with Crippen LogP contribution in [-0.2, 0) is 24.8 Å². The summed E-state index contributed by atoms with van der Waals surface area (Å²) in [6.45, 7) is 8.38. The van der Waals surface area contributed by atoms with Crippen molar-refractivity contribution in [3.63, 3.8) is 0 Å². The van der Waals surface area contributed by atoms with Crippen LogP contribution in [0.2, 0.25) is 0 Å². The van der Waals surface area contributed by atoms with Gasteiger partial charge in [0.1, 0.15) is 18.2 Å². The van der Waals surface area contributed by atoms with Gasteiger partial charge in [0.15, 0.2) is 11.8 Å². The molecule has 1 aliphatic rings. The molecule has 3 rings (SSSR count). The van der Waals surface area contributed by atoms with E-state index < -0.39 is 0 Å². The highest BCUT2D eigenvalue weighted by molar-refractivity contribution is 5.79. The van der Waals surface area contributed by atoms with Gasteiger partial charge in [0.2, 0.25) is 0 Å². The number of aromatic nitrogens is 3. The maximum Gasteiger partial charge on any atom is 0.191 e. The maximum absolute atomic E-state index is 13.9. The molecule has 8 nitrogen and oxygen atoms in total. The summed E-state index contributed by atoms with van der Waals surface area (Å²) in [7, 11) is 1.93. The molecule has 30 heavy (non-hydrogen) atoms. The van der Waals surface area contributed by atoms with Gasteiger partial charge in [-0.1, -0.05) is 18.2 Å². The number of aryl methyl sites for hydroxylation is 1. The Morgan fingerprint density at radius 1 is 1.17 bits per heavy atom. The first-order valence-electron chi connectivity index (χ1n) is 10.5. The third-order valence-corrected chi connectivity index (χ3v) is 5.25. The van der Waals surface area contributed by atoms with E-state index in [1.165, 1.54) is 6.07 Å². The van der Waals surface area contributed by atoms with E-state index in [2.05, 4.69) is 30.7 Å². The van der Waals surface area contributed by atoms with Crippen LogP contribution in [0.15, 0.2) is 29.3 Å². The maximum atomic E-state index is 13.9. The molecule has 0 amide bonds. The molecule has 0 spiro atoms. The standard InChI is InChI=1S/C21H32FN7O/c1-17-26-27-20(28(17)2)16-25-21(23-9-5-11-29-12-14-30-15-13-29)24-10-8-18-6-3-4-7-19(18)22/h3-4,6-7H,5,8-16H2,1-2H3,(H2,23,24,25). The third kappa shape index (κ3) is 6.77. The van der Waals surface area contributed by atoms with Gasteiger partial charge in [-0.2, -0.15) is 0 Å². The molecule has 9 heteroatoms. The van der Waals surface area contributed by atoms with Crippen molar-refractivity contribution in [3.8, 4) is 0 Å². The lowest BCUT2D eigenvalue weighted by atomic mass is 10.1. The Bertz CT molecular complexity index is 817. The number of morpholine rings is 1. The molecule has 0 aliphatic carbocycles. The molecule has 1 aliphatic heterocycles. The zero-order valence-corrected chi connectivity index (χ0v) is 17.9. The van der Waals surface area contributed by atoms with Gasteiger partial charge in [0, 0.05) is 33.2 Å². The number of hydrogen-bond acceptors (Lipinski definition) is 5. The summed E-state index contributed by atoms with van der Waals surface area (Å²) in [5.74, 6) is 2.18. The molecule has 0 atom stereocenters. The van der Waals surface area contributed by atoms with Gasteiger partial charge in [-0.15, -0.1) is 10.2 Å². The minimum Gasteiger partial charge on any atom is -0.379 e. The Kier molecular flexibility index (Phi) is 8.58. The van der Waals surface area contributed by atoms with Crippen LogP contribution < -0.4 is 10.6 Å². The number of rotatable bonds is 9. The van der Waals surface area contributed by atoms with Gasteiger partial charge < -0.3 is 19.9 Å². The third-order valence-electron chi connectivity index (χ3n) is 5.25. The van der Waals surface area contributed by atoms with E-state index in [-0.39, 0.29) is 5.82 Å². The number of nitrogens with one attached hydrogen (secondary N) is 2. The van der Waals surface area contributed by atoms with E-state index in [0.29, 0.717) is 31.0 Å². The van der Waals surface area contributed by atoms with E-state index in [1.807, 2.05) is 30.7 Å². The number of benzene rings is 1. The Labute approximate surface area is 177 Å². The molecular weight excluding hydrogens is 385 g/mol. The summed E-state index contributed by atoms with van der Waals surface area (Å²) in [6, 6.07) is 6.86. The van der Waals surface area contributed by atoms with Crippen molar-refractivity contribution in [1.29, 1.82) is 0 Å². The number of hydrogen-bond donors (Lipinski definition) is 2. The van der Waals surface area contributed by atoms with Crippen molar-refractivity contribution in [3.05, 3.63) is 47.3 Å². The highest BCUT2D eigenvalue weighted by atomic mass is 19.1. The predicted octanol–water partition coefficient (Wildman–Crippen LogP) is 1.26. The van der Waals surface area contributed by atoms with Crippen molar-refractivity contribution in [2.75, 3.05) is 45.9 Å². The fourth-order valence-electron chi connectivity index (χ4n) is 3.26. The predicted molar refractivity (Wildman–Crippen MR) is 115 cm³/mol. The highest BCUT2D eigenvalue weighted by Gasteiger charge is 2.10. The average Bonchev–Trinajstić information content (AvgIpc) is 3.08. The number of halogens is 1. The summed E-state index contributed by atoms with van der Waals surface area (Å²) >= 11 is 0. The van der Waals surface area contributed by atoms with Crippen LogP contribution in [0.1, 0.15) is 23.6 Å². The zero-order chi connectivity index (χ0) is 21.2. The first-order valence-corrected chi connectivity index (χ1v) is 10.5. The van der Waals surface area contributed by atoms with Gasteiger partial charge in [-0.3, -0.25) is 4.90 Å². The van der Waals surface area contributed by atoms with E-state index in [1.54, 1.807) is 6.07 Å². The first-order chi connectivity index (χ1) is 14.6. The minimum atomic E-state index is -0.175. The second kappa shape index (κ2) is 11.6. The number of ether oxygens (including phenoxy) is 1. The molecule has 1 aromatic heterocycles. The minimum absolute atomic E-state index is 0.175. The fraction of sp³-hybridized carbons (Fsp3) is 0.571. The molecule has 1 saturated heterocycles. The molecular formula is C21H32FN7O. The number of nitrogens with zero attached hydrogens (tertiary/aromatic N) is 5. The molecule has 2 heterocycles. The Balaban J connectivity index is 1.51. The Hall–Kier alpha value is -2.52. The van der Waals surface area contributed by atoms with Gasteiger partial charge in [0.05, 0.1) is 13.2 Å². The monoisotopic (exact) mass is 417 g/mol. The molecule has 0 saturated carbocycles. The lowest BCUT2D eigenvalue weighted by Gasteiger charge is -2.26. The zero-order valence-electron chi connectivity index (χ0n) is 17.9. The molecule has 0 radical (unpaired) electrons. The molecule has 0 unspecified atom stereocenters. The largest absolute Gasteiger partial charge is 0.379 e. The SMILES string of the molecule is Cc1nnc(CN=C(NCCCN2CCOCC2)NCCc2ccccc2F)n1C. The van der Waals surface area contributed by atoms with Gasteiger partial charge in [-0.05, 0) is 37.9 Å². The first kappa shape index (κ1) is 22.2. The summed E-state index contributed by atoms with van der Waals surface area (Å²) in [5, 5.41) is 14.9. The van der Waals surface area contributed by atoms with Crippen LogP contribution in [0, 0.1) is 12.7 Å². The Morgan fingerprint density at radius 2 is 1.93 bits per heavy atom. The van der Waals surface area contributed by atoms with E-state index in [9.17, 15) is 4.39 Å². The molecule has 2 aromatic rings. The van der Waals surface area contributed by atoms with Crippen molar-refractivity contribution in [1.82, 2.24) is 30.3 Å². The summed E-state index contributed by atoms with van der Waals surface area (Å²) in [5.41, 5.74) is 0.695. The smallest absolute Gasteiger partial charge is 0.191 e. The highest BCUT2D eigenvalue weighted by Crippen LogP contribution is 2.06. The van der Waals surface area contributed by atoms with Crippen LogP contribution in [0.5, 0.6) is 0 Å². The summed E-state index contributed by atoms with van der Waals surface area (Å²) in [4.78, 5) is 7.06. The van der Waals surface area contributed by atoms with E-state index >= 15 is 0 Å². The van der Waals surface area contributed by atoms with Crippen LogP contribution in [0.4, 0.5) is 4.39 Å². The van der Waals surface area contributed by atoms with Crippen LogP contribution in [0.25, 0.3) is 0 Å². The lowest BCUT2D eigenvalue weighted by Crippen LogP contribution is -2.41. The molecule has 1 fully saturated rings. The lowest BCUT2D eigenvalue weighted by molar-refractivity contribution is 0.0376. The van der Waals surface area contributed by atoms with Gasteiger partial charge in [0.25, 0.3) is 0 Å². The second-order valence-electron chi connectivity index (χ2n) is 7.39. The Morgan fingerprint density at radius 3 is 2.67 bits per heavy atom. The second-order valence-corrected chi connectivity index (χ2v) is 7.39. The van der Waals surface area contributed by atoms with Gasteiger partial charge in [-0.25, -0.2) is 9.38 Å².